The van der Waals surface area contributed by atoms with Gasteiger partial charge < -0.3 is 10.1 Å². The smallest absolute Gasteiger partial charge is 0.422 e. The number of carbonyl (C=O) groups excluding carboxylic acids is 1. The molecule has 1 atom stereocenters. The number of rotatable bonds is 7. The number of anilines is 1. The molecule has 0 bridgehead atoms. The van der Waals surface area contributed by atoms with Gasteiger partial charge in [0.15, 0.2) is 28.8 Å². The third-order valence-corrected chi connectivity index (χ3v) is 5.34. The SMILES string of the molecule is CCOC(=O)C(/C=C/c1ccc(Cl)cc1)(Nc1c(F)c(F)c(C(F)(F)F)c(F)c1F)c1ccccc1. The highest BCUT2D eigenvalue weighted by atomic mass is 35.5. The number of halogens is 8. The summed E-state index contributed by atoms with van der Waals surface area (Å²) in [7, 11) is 0. The highest BCUT2D eigenvalue weighted by Gasteiger charge is 2.45. The zero-order chi connectivity index (χ0) is 26.7. The van der Waals surface area contributed by atoms with Gasteiger partial charge >= 0.3 is 12.1 Å². The van der Waals surface area contributed by atoms with Gasteiger partial charge in [-0.3, -0.25) is 0 Å². The fourth-order valence-corrected chi connectivity index (χ4v) is 3.50. The van der Waals surface area contributed by atoms with Crippen molar-refractivity contribution in [3.05, 3.63) is 106 Å². The zero-order valence-electron chi connectivity index (χ0n) is 18.4. The molecule has 0 aliphatic carbocycles. The molecule has 0 fully saturated rings. The normalized spacial score (nSPS) is 13.5. The van der Waals surface area contributed by atoms with E-state index in [4.69, 9.17) is 16.3 Å². The lowest BCUT2D eigenvalue weighted by molar-refractivity contribution is -0.147. The van der Waals surface area contributed by atoms with Crippen molar-refractivity contribution < 1.29 is 40.3 Å². The molecule has 0 aromatic heterocycles. The van der Waals surface area contributed by atoms with E-state index in [0.29, 0.717) is 10.6 Å². The second-order valence-electron chi connectivity index (χ2n) is 7.41. The van der Waals surface area contributed by atoms with Crippen LogP contribution in [0.4, 0.5) is 36.4 Å². The highest BCUT2D eigenvalue weighted by molar-refractivity contribution is 6.30. The minimum atomic E-state index is -5.72. The maximum atomic E-state index is 14.8. The molecule has 0 saturated carbocycles. The molecular formula is C25H17ClF7NO2. The lowest BCUT2D eigenvalue weighted by Crippen LogP contribution is -2.44. The maximum Gasteiger partial charge on any atom is 0.422 e. The number of nitrogens with one attached hydrogen (secondary N) is 1. The van der Waals surface area contributed by atoms with Crippen LogP contribution in [0.25, 0.3) is 6.08 Å². The Morgan fingerprint density at radius 3 is 1.97 bits per heavy atom. The molecule has 0 saturated heterocycles. The van der Waals surface area contributed by atoms with Gasteiger partial charge in [-0.2, -0.15) is 13.2 Å². The van der Waals surface area contributed by atoms with Gasteiger partial charge in [0.25, 0.3) is 0 Å². The molecule has 3 nitrogen and oxygen atoms in total. The van der Waals surface area contributed by atoms with Crippen LogP contribution in [-0.4, -0.2) is 12.6 Å². The summed E-state index contributed by atoms with van der Waals surface area (Å²) >= 11 is 5.86. The lowest BCUT2D eigenvalue weighted by Gasteiger charge is -2.32. The van der Waals surface area contributed by atoms with E-state index in [2.05, 4.69) is 5.32 Å². The summed E-state index contributed by atoms with van der Waals surface area (Å²) in [6, 6.07) is 13.3. The average Bonchev–Trinajstić information content (AvgIpc) is 2.83. The number of ether oxygens (including phenoxy) is 1. The molecule has 0 heterocycles. The van der Waals surface area contributed by atoms with Crippen molar-refractivity contribution in [3.8, 4) is 0 Å². The molecule has 3 aromatic carbocycles. The fraction of sp³-hybridized carbons (Fsp3) is 0.160. The van der Waals surface area contributed by atoms with Crippen molar-refractivity contribution in [2.24, 2.45) is 0 Å². The van der Waals surface area contributed by atoms with E-state index in [1.165, 1.54) is 49.4 Å². The third-order valence-electron chi connectivity index (χ3n) is 5.09. The molecule has 190 valence electrons. The highest BCUT2D eigenvalue weighted by Crippen LogP contribution is 2.41. The van der Waals surface area contributed by atoms with Crippen molar-refractivity contribution in [3.63, 3.8) is 0 Å². The van der Waals surface area contributed by atoms with E-state index >= 15 is 0 Å². The van der Waals surface area contributed by atoms with Gasteiger partial charge in [0.05, 0.1) is 6.61 Å². The van der Waals surface area contributed by atoms with Gasteiger partial charge in [-0.15, -0.1) is 0 Å². The quantitative estimate of drug-likeness (QED) is 0.195. The van der Waals surface area contributed by atoms with E-state index in [1.807, 2.05) is 0 Å². The Kier molecular flexibility index (Phi) is 7.98. The first-order chi connectivity index (χ1) is 16.9. The predicted molar refractivity (Wildman–Crippen MR) is 120 cm³/mol. The molecule has 0 amide bonds. The molecule has 36 heavy (non-hydrogen) atoms. The van der Waals surface area contributed by atoms with E-state index < -0.39 is 52.2 Å². The number of esters is 1. The summed E-state index contributed by atoms with van der Waals surface area (Å²) in [5.41, 5.74) is -6.22. The minimum Gasteiger partial charge on any atom is -0.464 e. The number of carbonyl (C=O) groups is 1. The number of hydrogen-bond acceptors (Lipinski definition) is 3. The van der Waals surface area contributed by atoms with Crippen LogP contribution in [0.3, 0.4) is 0 Å². The Morgan fingerprint density at radius 1 is 0.917 bits per heavy atom. The minimum absolute atomic E-state index is 0.00757. The summed E-state index contributed by atoms with van der Waals surface area (Å²) in [5, 5.41) is 2.48. The summed E-state index contributed by atoms with van der Waals surface area (Å²) in [4.78, 5) is 13.2. The van der Waals surface area contributed by atoms with Gasteiger partial charge in [-0.05, 0) is 36.3 Å². The fourth-order valence-electron chi connectivity index (χ4n) is 3.38. The van der Waals surface area contributed by atoms with Crippen LogP contribution in [0.2, 0.25) is 5.02 Å². The van der Waals surface area contributed by atoms with Crippen molar-refractivity contribution in [1.29, 1.82) is 0 Å². The Bertz CT molecular complexity index is 1250. The van der Waals surface area contributed by atoms with Crippen molar-refractivity contribution >= 4 is 29.3 Å². The maximum absolute atomic E-state index is 14.8. The van der Waals surface area contributed by atoms with Crippen LogP contribution >= 0.6 is 11.6 Å². The average molecular weight is 532 g/mol. The van der Waals surface area contributed by atoms with E-state index in [9.17, 15) is 35.5 Å². The Balaban J connectivity index is 2.29. The molecule has 0 spiro atoms. The van der Waals surface area contributed by atoms with E-state index in [-0.39, 0.29) is 12.2 Å². The van der Waals surface area contributed by atoms with Crippen LogP contribution in [0.15, 0.2) is 60.7 Å². The van der Waals surface area contributed by atoms with Gasteiger partial charge in [0.2, 0.25) is 0 Å². The summed E-state index contributed by atoms with van der Waals surface area (Å²) < 4.78 is 102. The number of alkyl halides is 3. The third kappa shape index (κ3) is 5.33. The molecule has 0 aliphatic heterocycles. The standard InChI is InChI=1S/C25H17ClF7NO2/c1-2-36-23(35)24(15-6-4-3-5-7-15,13-12-14-8-10-16(26)11-9-14)34-22-20(29)18(27)17(25(31,32)33)19(28)21(22)30/h3-13,34H,2H2,1H3/b13-12+. The first-order valence-electron chi connectivity index (χ1n) is 10.3. The van der Waals surface area contributed by atoms with Gasteiger partial charge in [-0.1, -0.05) is 60.1 Å². The van der Waals surface area contributed by atoms with Crippen molar-refractivity contribution in [2.75, 3.05) is 11.9 Å². The number of hydrogen-bond donors (Lipinski definition) is 1. The van der Waals surface area contributed by atoms with Crippen LogP contribution in [-0.2, 0) is 21.2 Å². The van der Waals surface area contributed by atoms with E-state index in [1.54, 1.807) is 18.2 Å². The lowest BCUT2D eigenvalue weighted by atomic mass is 9.88. The Hall–Kier alpha value is -3.53. The second-order valence-corrected chi connectivity index (χ2v) is 7.84. The summed E-state index contributed by atoms with van der Waals surface area (Å²) in [6.45, 7) is 1.24. The summed E-state index contributed by atoms with van der Waals surface area (Å²) in [5.74, 6) is -11.2. The van der Waals surface area contributed by atoms with Gasteiger partial charge in [-0.25, -0.2) is 22.4 Å². The van der Waals surface area contributed by atoms with Crippen LogP contribution < -0.4 is 5.32 Å². The first kappa shape index (κ1) is 27.1. The van der Waals surface area contributed by atoms with Crippen LogP contribution in [0.5, 0.6) is 0 Å². The second kappa shape index (κ2) is 10.6. The van der Waals surface area contributed by atoms with Crippen molar-refractivity contribution in [1.82, 2.24) is 0 Å². The largest absolute Gasteiger partial charge is 0.464 e. The molecule has 1 unspecified atom stereocenters. The molecule has 0 aliphatic rings. The van der Waals surface area contributed by atoms with Crippen molar-refractivity contribution in [2.45, 2.75) is 18.6 Å². The zero-order valence-corrected chi connectivity index (χ0v) is 19.2. The van der Waals surface area contributed by atoms with Gasteiger partial charge in [0, 0.05) is 5.02 Å². The topological polar surface area (TPSA) is 38.3 Å². The summed E-state index contributed by atoms with van der Waals surface area (Å²) in [6.07, 6.45) is -3.28. The first-order valence-corrected chi connectivity index (χ1v) is 10.7. The van der Waals surface area contributed by atoms with Crippen LogP contribution in [0.1, 0.15) is 23.6 Å². The molecule has 1 N–H and O–H groups in total. The molecule has 3 aromatic rings. The Morgan fingerprint density at radius 2 is 1.47 bits per heavy atom. The van der Waals surface area contributed by atoms with Crippen LogP contribution in [0, 0.1) is 23.3 Å². The van der Waals surface area contributed by atoms with Gasteiger partial charge in [0.1, 0.15) is 11.3 Å². The monoisotopic (exact) mass is 531 g/mol. The van der Waals surface area contributed by atoms with E-state index in [0.717, 1.165) is 6.08 Å². The molecular weight excluding hydrogens is 515 g/mol. The Labute approximate surface area is 206 Å². The molecule has 3 rings (SSSR count). The molecule has 0 radical (unpaired) electrons. The predicted octanol–water partition coefficient (Wildman–Crippen LogP) is 7.50. The molecule has 11 heteroatoms. The number of benzene rings is 3.